The van der Waals surface area contributed by atoms with Gasteiger partial charge >= 0.3 is 0 Å². The van der Waals surface area contributed by atoms with Gasteiger partial charge in [-0.05, 0) is 69.0 Å². The number of carbonyl (C=O) groups excluding carboxylic acids is 1. The predicted molar refractivity (Wildman–Crippen MR) is 126 cm³/mol. The summed E-state index contributed by atoms with van der Waals surface area (Å²) in [6, 6.07) is 20.4. The highest BCUT2D eigenvalue weighted by atomic mass is 32.1. The quantitative estimate of drug-likeness (QED) is 0.517. The van der Waals surface area contributed by atoms with Crippen LogP contribution in [0.15, 0.2) is 60.7 Å². The van der Waals surface area contributed by atoms with E-state index in [2.05, 4.69) is 61.3 Å². The van der Waals surface area contributed by atoms with E-state index < -0.39 is 0 Å². The summed E-state index contributed by atoms with van der Waals surface area (Å²) in [7, 11) is 0. The highest BCUT2D eigenvalue weighted by molar-refractivity contribution is 7.16. The van der Waals surface area contributed by atoms with Crippen molar-refractivity contribution in [3.8, 4) is 0 Å². The molecule has 1 aromatic heterocycles. The molecule has 0 saturated carbocycles. The van der Waals surface area contributed by atoms with Crippen LogP contribution in [-0.2, 0) is 0 Å². The third kappa shape index (κ3) is 4.35. The zero-order valence-corrected chi connectivity index (χ0v) is 18.8. The van der Waals surface area contributed by atoms with Crippen LogP contribution in [0.25, 0.3) is 0 Å². The molecule has 0 radical (unpaired) electrons. The number of anilines is 1. The molecule has 156 valence electrons. The van der Waals surface area contributed by atoms with Gasteiger partial charge in [0.05, 0.1) is 6.04 Å². The summed E-state index contributed by atoms with van der Waals surface area (Å²) in [6.07, 6.45) is 2.44. The predicted octanol–water partition coefficient (Wildman–Crippen LogP) is 6.44. The number of piperidine rings is 1. The highest BCUT2D eigenvalue weighted by Gasteiger charge is 2.31. The first-order chi connectivity index (χ1) is 14.5. The maximum absolute atomic E-state index is 12.9. The van der Waals surface area contributed by atoms with Crippen LogP contribution in [-0.4, -0.2) is 23.9 Å². The number of amides is 1. The molecule has 1 amide bonds. The minimum absolute atomic E-state index is 0.0443. The fraction of sp³-hybridized carbons (Fsp3) is 0.346. The lowest BCUT2D eigenvalue weighted by molar-refractivity contribution is 0.102. The molecule has 3 nitrogen and oxygen atoms in total. The molecule has 4 heteroatoms. The number of thiophene rings is 1. The first-order valence-corrected chi connectivity index (χ1v) is 11.6. The van der Waals surface area contributed by atoms with Crippen LogP contribution in [0.1, 0.15) is 57.7 Å². The maximum atomic E-state index is 12.9. The Morgan fingerprint density at radius 3 is 2.23 bits per heavy atom. The largest absolute Gasteiger partial charge is 0.313 e. The molecule has 1 unspecified atom stereocenters. The summed E-state index contributed by atoms with van der Waals surface area (Å²) in [6.45, 7) is 8.87. The second-order valence-electron chi connectivity index (χ2n) is 8.38. The summed E-state index contributed by atoms with van der Waals surface area (Å²) < 4.78 is 0. The Labute approximate surface area is 183 Å². The van der Waals surface area contributed by atoms with E-state index >= 15 is 0 Å². The summed E-state index contributed by atoms with van der Waals surface area (Å²) >= 11 is 1.69. The molecule has 0 aliphatic carbocycles. The zero-order chi connectivity index (χ0) is 21.1. The normalized spacial score (nSPS) is 16.4. The van der Waals surface area contributed by atoms with Crippen molar-refractivity contribution >= 4 is 22.2 Å². The average Bonchev–Trinajstić information content (AvgIpc) is 3.04. The standard InChI is InChI=1S/C26H30N2OS/c1-18-14-16-28(17-15-18)24(21-10-6-4-7-11-21)23-19(2)20(3)30-26(23)27-25(29)22-12-8-5-9-13-22/h4-13,18,24H,14-17H2,1-3H3,(H,27,29). The first-order valence-electron chi connectivity index (χ1n) is 10.8. The van der Waals surface area contributed by atoms with Crippen LogP contribution >= 0.6 is 11.3 Å². The van der Waals surface area contributed by atoms with Crippen LogP contribution in [0.3, 0.4) is 0 Å². The molecule has 3 aromatic rings. The van der Waals surface area contributed by atoms with Crippen molar-refractivity contribution in [3.05, 3.63) is 87.8 Å². The fourth-order valence-corrected chi connectivity index (χ4v) is 5.40. The van der Waals surface area contributed by atoms with Gasteiger partial charge < -0.3 is 5.32 Å². The molecule has 1 aliphatic rings. The molecule has 30 heavy (non-hydrogen) atoms. The van der Waals surface area contributed by atoms with Crippen LogP contribution in [0.2, 0.25) is 0 Å². The van der Waals surface area contributed by atoms with Gasteiger partial charge in [0.15, 0.2) is 0 Å². The van der Waals surface area contributed by atoms with E-state index in [1.165, 1.54) is 34.4 Å². The summed E-state index contributed by atoms with van der Waals surface area (Å²) in [4.78, 5) is 16.8. The Kier molecular flexibility index (Phi) is 6.35. The van der Waals surface area contributed by atoms with Crippen molar-refractivity contribution < 1.29 is 4.79 Å². The van der Waals surface area contributed by atoms with Crippen molar-refractivity contribution in [2.45, 2.75) is 39.7 Å². The van der Waals surface area contributed by atoms with E-state index in [4.69, 9.17) is 0 Å². The number of aryl methyl sites for hydroxylation is 1. The van der Waals surface area contributed by atoms with Crippen molar-refractivity contribution in [3.63, 3.8) is 0 Å². The van der Waals surface area contributed by atoms with Gasteiger partial charge in [-0.2, -0.15) is 0 Å². The number of hydrogen-bond donors (Lipinski definition) is 1. The van der Waals surface area contributed by atoms with E-state index in [-0.39, 0.29) is 11.9 Å². The second kappa shape index (κ2) is 9.15. The minimum atomic E-state index is -0.0443. The lowest BCUT2D eigenvalue weighted by Crippen LogP contribution is -2.37. The number of nitrogens with zero attached hydrogens (tertiary/aromatic N) is 1. The van der Waals surface area contributed by atoms with Crippen LogP contribution in [0.5, 0.6) is 0 Å². The smallest absolute Gasteiger partial charge is 0.256 e. The average molecular weight is 419 g/mol. The summed E-state index contributed by atoms with van der Waals surface area (Å²) in [5.74, 6) is 0.734. The Bertz CT molecular complexity index is 989. The van der Waals surface area contributed by atoms with E-state index in [1.54, 1.807) is 11.3 Å². The Morgan fingerprint density at radius 1 is 1.00 bits per heavy atom. The van der Waals surface area contributed by atoms with Crippen LogP contribution in [0.4, 0.5) is 5.00 Å². The number of benzene rings is 2. The SMILES string of the molecule is Cc1sc(NC(=O)c2ccccc2)c(C(c2ccccc2)N2CCC(C)CC2)c1C. The maximum Gasteiger partial charge on any atom is 0.256 e. The molecule has 1 N–H and O–H groups in total. The van der Waals surface area contributed by atoms with Gasteiger partial charge in [-0.25, -0.2) is 0 Å². The van der Waals surface area contributed by atoms with Gasteiger partial charge in [-0.15, -0.1) is 11.3 Å². The van der Waals surface area contributed by atoms with Crippen molar-refractivity contribution in [2.75, 3.05) is 18.4 Å². The topological polar surface area (TPSA) is 32.3 Å². The highest BCUT2D eigenvalue weighted by Crippen LogP contribution is 2.43. The molecule has 0 spiro atoms. The molecule has 1 saturated heterocycles. The lowest BCUT2D eigenvalue weighted by Gasteiger charge is -2.37. The van der Waals surface area contributed by atoms with Gasteiger partial charge in [0.25, 0.3) is 5.91 Å². The second-order valence-corrected chi connectivity index (χ2v) is 9.60. The Hall–Kier alpha value is -2.43. The van der Waals surface area contributed by atoms with Gasteiger partial charge in [-0.1, -0.05) is 55.5 Å². The molecule has 2 heterocycles. The van der Waals surface area contributed by atoms with Crippen molar-refractivity contribution in [1.82, 2.24) is 4.90 Å². The molecule has 0 bridgehead atoms. The van der Waals surface area contributed by atoms with Gasteiger partial charge in [0.1, 0.15) is 5.00 Å². The van der Waals surface area contributed by atoms with E-state index in [9.17, 15) is 4.79 Å². The zero-order valence-electron chi connectivity index (χ0n) is 18.0. The number of carbonyl (C=O) groups is 1. The third-order valence-corrected chi connectivity index (χ3v) is 7.41. The number of rotatable bonds is 5. The molecular formula is C26H30N2OS. The van der Waals surface area contributed by atoms with Gasteiger partial charge in [0, 0.05) is 16.0 Å². The van der Waals surface area contributed by atoms with Crippen molar-refractivity contribution in [1.29, 1.82) is 0 Å². The Balaban J connectivity index is 1.74. The molecule has 2 aromatic carbocycles. The molecule has 1 fully saturated rings. The minimum Gasteiger partial charge on any atom is -0.313 e. The van der Waals surface area contributed by atoms with Crippen LogP contribution < -0.4 is 5.32 Å². The van der Waals surface area contributed by atoms with E-state index in [1.807, 2.05) is 30.3 Å². The monoisotopic (exact) mass is 418 g/mol. The van der Waals surface area contributed by atoms with Crippen molar-refractivity contribution in [2.24, 2.45) is 5.92 Å². The number of likely N-dealkylation sites (tertiary alicyclic amines) is 1. The number of hydrogen-bond acceptors (Lipinski definition) is 3. The van der Waals surface area contributed by atoms with E-state index in [0.717, 1.165) is 24.0 Å². The van der Waals surface area contributed by atoms with Crippen LogP contribution in [0, 0.1) is 19.8 Å². The molecular weight excluding hydrogens is 388 g/mol. The van der Waals surface area contributed by atoms with Gasteiger partial charge in [0.2, 0.25) is 0 Å². The molecule has 1 aliphatic heterocycles. The lowest BCUT2D eigenvalue weighted by atomic mass is 9.91. The molecule has 1 atom stereocenters. The molecule has 4 rings (SSSR count). The Morgan fingerprint density at radius 2 is 1.60 bits per heavy atom. The van der Waals surface area contributed by atoms with E-state index in [0.29, 0.717) is 5.56 Å². The summed E-state index contributed by atoms with van der Waals surface area (Å²) in [5, 5.41) is 4.22. The number of nitrogens with one attached hydrogen (secondary N) is 1. The fourth-order valence-electron chi connectivity index (χ4n) is 4.31. The van der Waals surface area contributed by atoms with Gasteiger partial charge in [-0.3, -0.25) is 9.69 Å². The first kappa shape index (κ1) is 20.8. The third-order valence-electron chi connectivity index (χ3n) is 6.27. The summed E-state index contributed by atoms with van der Waals surface area (Å²) in [5.41, 5.74) is 4.52.